The van der Waals surface area contributed by atoms with E-state index in [2.05, 4.69) is 19.2 Å². The molecule has 0 aliphatic heterocycles. The van der Waals surface area contributed by atoms with Crippen LogP contribution in [0, 0.1) is 5.92 Å². The third kappa shape index (κ3) is 5.53. The summed E-state index contributed by atoms with van der Waals surface area (Å²) < 4.78 is 0. The second-order valence-corrected chi connectivity index (χ2v) is 5.30. The molecule has 1 saturated carbocycles. The summed E-state index contributed by atoms with van der Waals surface area (Å²) in [7, 11) is 0. The van der Waals surface area contributed by atoms with E-state index in [4.69, 9.17) is 0 Å². The van der Waals surface area contributed by atoms with Crippen LogP contribution in [0.5, 0.6) is 0 Å². The molecule has 90 valence electrons. The van der Waals surface area contributed by atoms with E-state index in [1.165, 1.54) is 32.1 Å². The van der Waals surface area contributed by atoms with E-state index in [0.29, 0.717) is 6.04 Å². The van der Waals surface area contributed by atoms with Crippen molar-refractivity contribution in [2.45, 2.75) is 70.9 Å². The van der Waals surface area contributed by atoms with E-state index >= 15 is 0 Å². The van der Waals surface area contributed by atoms with Crippen molar-refractivity contribution in [1.29, 1.82) is 0 Å². The van der Waals surface area contributed by atoms with Gasteiger partial charge in [0.05, 0.1) is 6.10 Å². The van der Waals surface area contributed by atoms with Crippen molar-refractivity contribution in [2.24, 2.45) is 5.92 Å². The van der Waals surface area contributed by atoms with E-state index in [0.717, 1.165) is 25.3 Å². The van der Waals surface area contributed by atoms with Gasteiger partial charge in [0.2, 0.25) is 0 Å². The van der Waals surface area contributed by atoms with Crippen LogP contribution in [0.4, 0.5) is 0 Å². The molecule has 0 bridgehead atoms. The molecular weight excluding hydrogens is 186 g/mol. The van der Waals surface area contributed by atoms with Crippen molar-refractivity contribution in [1.82, 2.24) is 5.32 Å². The van der Waals surface area contributed by atoms with Crippen LogP contribution >= 0.6 is 0 Å². The zero-order chi connectivity index (χ0) is 11.1. The average Bonchev–Trinajstić information content (AvgIpc) is 2.38. The molecule has 0 heterocycles. The second kappa shape index (κ2) is 7.24. The molecule has 2 unspecified atom stereocenters. The Morgan fingerprint density at radius 3 is 2.67 bits per heavy atom. The first-order chi connectivity index (χ1) is 7.20. The number of hydrogen-bond donors (Lipinski definition) is 2. The maximum absolute atomic E-state index is 9.89. The SMILES string of the molecule is CC(C)CCCNC1CCCCCC1O. The lowest BCUT2D eigenvalue weighted by molar-refractivity contribution is 0.120. The average molecular weight is 213 g/mol. The van der Waals surface area contributed by atoms with Gasteiger partial charge in [0, 0.05) is 6.04 Å². The Bertz CT molecular complexity index is 159. The lowest BCUT2D eigenvalue weighted by Crippen LogP contribution is -2.39. The minimum absolute atomic E-state index is 0.105. The summed E-state index contributed by atoms with van der Waals surface area (Å²) in [5.41, 5.74) is 0. The van der Waals surface area contributed by atoms with Gasteiger partial charge in [-0.3, -0.25) is 0 Å². The predicted molar refractivity (Wildman–Crippen MR) is 65.0 cm³/mol. The largest absolute Gasteiger partial charge is 0.392 e. The molecule has 2 nitrogen and oxygen atoms in total. The number of rotatable bonds is 5. The monoisotopic (exact) mass is 213 g/mol. The van der Waals surface area contributed by atoms with Crippen molar-refractivity contribution < 1.29 is 5.11 Å². The maximum atomic E-state index is 9.89. The van der Waals surface area contributed by atoms with E-state index in [9.17, 15) is 5.11 Å². The van der Waals surface area contributed by atoms with E-state index in [1.54, 1.807) is 0 Å². The van der Waals surface area contributed by atoms with Crippen LogP contribution in [0.2, 0.25) is 0 Å². The molecule has 1 rings (SSSR count). The van der Waals surface area contributed by atoms with Gasteiger partial charge in [-0.1, -0.05) is 33.1 Å². The van der Waals surface area contributed by atoms with Gasteiger partial charge >= 0.3 is 0 Å². The zero-order valence-corrected chi connectivity index (χ0v) is 10.3. The fraction of sp³-hybridized carbons (Fsp3) is 1.00. The first kappa shape index (κ1) is 13.0. The molecular formula is C13H27NO. The lowest BCUT2D eigenvalue weighted by Gasteiger charge is -2.22. The number of hydrogen-bond acceptors (Lipinski definition) is 2. The summed E-state index contributed by atoms with van der Waals surface area (Å²) in [6.45, 7) is 5.60. The van der Waals surface area contributed by atoms with Crippen molar-refractivity contribution in [3.63, 3.8) is 0 Å². The summed E-state index contributed by atoms with van der Waals surface area (Å²) in [6.07, 6.45) is 8.33. The molecule has 2 N–H and O–H groups in total. The molecule has 2 heteroatoms. The minimum Gasteiger partial charge on any atom is -0.392 e. The van der Waals surface area contributed by atoms with Gasteiger partial charge in [0.1, 0.15) is 0 Å². The van der Waals surface area contributed by atoms with Gasteiger partial charge in [0.15, 0.2) is 0 Å². The first-order valence-electron chi connectivity index (χ1n) is 6.61. The van der Waals surface area contributed by atoms with Crippen LogP contribution in [0.25, 0.3) is 0 Å². The quantitative estimate of drug-likeness (QED) is 0.543. The number of nitrogens with one attached hydrogen (secondary N) is 1. The smallest absolute Gasteiger partial charge is 0.0693 e. The van der Waals surface area contributed by atoms with Gasteiger partial charge in [-0.25, -0.2) is 0 Å². The van der Waals surface area contributed by atoms with Gasteiger partial charge < -0.3 is 10.4 Å². The van der Waals surface area contributed by atoms with Gasteiger partial charge in [-0.05, 0) is 38.1 Å². The molecule has 1 aliphatic carbocycles. The fourth-order valence-electron chi connectivity index (χ4n) is 2.32. The Morgan fingerprint density at radius 2 is 1.93 bits per heavy atom. The standard InChI is InChI=1S/C13H27NO/c1-11(2)7-6-10-14-12-8-4-3-5-9-13(12)15/h11-15H,3-10H2,1-2H3. The highest BCUT2D eigenvalue weighted by Crippen LogP contribution is 2.18. The topological polar surface area (TPSA) is 32.3 Å². The Morgan fingerprint density at radius 1 is 1.20 bits per heavy atom. The Balaban J connectivity index is 2.12. The molecule has 0 saturated heterocycles. The Labute approximate surface area is 94.5 Å². The fourth-order valence-corrected chi connectivity index (χ4v) is 2.32. The lowest BCUT2D eigenvalue weighted by atomic mass is 10.0. The Hall–Kier alpha value is -0.0800. The summed E-state index contributed by atoms with van der Waals surface area (Å²) in [5.74, 6) is 0.797. The molecule has 1 fully saturated rings. The molecule has 0 aromatic heterocycles. The molecule has 0 aromatic carbocycles. The molecule has 0 radical (unpaired) electrons. The van der Waals surface area contributed by atoms with Crippen LogP contribution in [-0.4, -0.2) is 23.8 Å². The van der Waals surface area contributed by atoms with E-state index in [1.807, 2.05) is 0 Å². The van der Waals surface area contributed by atoms with E-state index in [-0.39, 0.29) is 6.10 Å². The van der Waals surface area contributed by atoms with Gasteiger partial charge in [-0.2, -0.15) is 0 Å². The maximum Gasteiger partial charge on any atom is 0.0693 e. The first-order valence-corrected chi connectivity index (χ1v) is 6.61. The summed E-state index contributed by atoms with van der Waals surface area (Å²) in [6, 6.07) is 0.361. The van der Waals surface area contributed by atoms with Gasteiger partial charge in [-0.15, -0.1) is 0 Å². The summed E-state index contributed by atoms with van der Waals surface area (Å²) in [5, 5.41) is 13.4. The molecule has 0 aromatic rings. The van der Waals surface area contributed by atoms with Crippen molar-refractivity contribution in [3.05, 3.63) is 0 Å². The van der Waals surface area contributed by atoms with Crippen LogP contribution in [0.3, 0.4) is 0 Å². The van der Waals surface area contributed by atoms with Crippen molar-refractivity contribution in [3.8, 4) is 0 Å². The van der Waals surface area contributed by atoms with Crippen LogP contribution in [0.15, 0.2) is 0 Å². The summed E-state index contributed by atoms with van der Waals surface area (Å²) >= 11 is 0. The molecule has 2 atom stereocenters. The minimum atomic E-state index is -0.105. The summed E-state index contributed by atoms with van der Waals surface area (Å²) in [4.78, 5) is 0. The van der Waals surface area contributed by atoms with Crippen LogP contribution < -0.4 is 5.32 Å². The van der Waals surface area contributed by atoms with Crippen molar-refractivity contribution in [2.75, 3.05) is 6.54 Å². The van der Waals surface area contributed by atoms with Gasteiger partial charge in [0.25, 0.3) is 0 Å². The molecule has 1 aliphatic rings. The molecule has 0 spiro atoms. The highest BCUT2D eigenvalue weighted by Gasteiger charge is 2.20. The van der Waals surface area contributed by atoms with Crippen LogP contribution in [0.1, 0.15) is 58.8 Å². The third-order valence-corrected chi connectivity index (χ3v) is 3.34. The second-order valence-electron chi connectivity index (χ2n) is 5.30. The number of aliphatic hydroxyl groups is 1. The number of aliphatic hydroxyl groups excluding tert-OH is 1. The highest BCUT2D eigenvalue weighted by atomic mass is 16.3. The van der Waals surface area contributed by atoms with Crippen molar-refractivity contribution >= 4 is 0 Å². The molecule has 15 heavy (non-hydrogen) atoms. The Kier molecular flexibility index (Phi) is 6.26. The van der Waals surface area contributed by atoms with Crippen LogP contribution in [-0.2, 0) is 0 Å². The predicted octanol–water partition coefficient (Wildman–Crippen LogP) is 2.71. The normalized spacial score (nSPS) is 28.0. The molecule has 0 amide bonds. The zero-order valence-electron chi connectivity index (χ0n) is 10.3. The highest BCUT2D eigenvalue weighted by molar-refractivity contribution is 4.78. The third-order valence-electron chi connectivity index (χ3n) is 3.34. The van der Waals surface area contributed by atoms with E-state index < -0.39 is 0 Å².